The SMILES string of the molecule is C=CCN[C@@]1(CO)C[C@H]2C=C[C@@H]1C2. The van der Waals surface area contributed by atoms with Crippen LogP contribution in [0.15, 0.2) is 24.8 Å². The highest BCUT2D eigenvalue weighted by Crippen LogP contribution is 2.45. The van der Waals surface area contributed by atoms with Crippen LogP contribution in [0.4, 0.5) is 0 Å². The zero-order valence-corrected chi connectivity index (χ0v) is 7.87. The first kappa shape index (κ1) is 8.97. The van der Waals surface area contributed by atoms with Crippen molar-refractivity contribution in [3.05, 3.63) is 24.8 Å². The molecular formula is C11H17NO. The highest BCUT2D eigenvalue weighted by Gasteiger charge is 2.47. The van der Waals surface area contributed by atoms with E-state index in [4.69, 9.17) is 0 Å². The Morgan fingerprint density at radius 3 is 2.92 bits per heavy atom. The van der Waals surface area contributed by atoms with Crippen molar-refractivity contribution in [1.29, 1.82) is 0 Å². The number of hydrogen-bond acceptors (Lipinski definition) is 2. The van der Waals surface area contributed by atoms with Crippen LogP contribution in [0.3, 0.4) is 0 Å². The Kier molecular flexibility index (Phi) is 2.26. The summed E-state index contributed by atoms with van der Waals surface area (Å²) in [6.07, 6.45) is 8.69. The summed E-state index contributed by atoms with van der Waals surface area (Å²) < 4.78 is 0. The molecule has 0 aliphatic heterocycles. The molecule has 0 spiro atoms. The largest absolute Gasteiger partial charge is 0.394 e. The molecule has 2 bridgehead atoms. The third kappa shape index (κ3) is 1.34. The second kappa shape index (κ2) is 3.28. The molecule has 0 radical (unpaired) electrons. The molecule has 0 aromatic heterocycles. The Hall–Kier alpha value is -0.600. The number of rotatable bonds is 4. The molecule has 0 aromatic carbocycles. The minimum Gasteiger partial charge on any atom is -0.394 e. The average molecular weight is 179 g/mol. The molecule has 13 heavy (non-hydrogen) atoms. The Morgan fingerprint density at radius 2 is 2.46 bits per heavy atom. The van der Waals surface area contributed by atoms with Gasteiger partial charge in [-0.15, -0.1) is 6.58 Å². The number of aliphatic hydroxyl groups excluding tert-OH is 1. The van der Waals surface area contributed by atoms with Crippen molar-refractivity contribution >= 4 is 0 Å². The standard InChI is InChI=1S/C11H17NO/c1-2-5-12-11(8-13)7-9-3-4-10(11)6-9/h2-4,9-10,12-13H,1,5-8H2/t9-,10+,11+/m0/s1. The van der Waals surface area contributed by atoms with Crippen LogP contribution in [0.2, 0.25) is 0 Å². The van der Waals surface area contributed by atoms with Crippen molar-refractivity contribution in [2.75, 3.05) is 13.2 Å². The lowest BCUT2D eigenvalue weighted by Crippen LogP contribution is -2.51. The summed E-state index contributed by atoms with van der Waals surface area (Å²) in [5.74, 6) is 1.22. The Labute approximate surface area is 79.3 Å². The number of hydrogen-bond donors (Lipinski definition) is 2. The van der Waals surface area contributed by atoms with Crippen LogP contribution >= 0.6 is 0 Å². The van der Waals surface area contributed by atoms with Crippen molar-refractivity contribution in [2.45, 2.75) is 18.4 Å². The van der Waals surface area contributed by atoms with Crippen molar-refractivity contribution in [2.24, 2.45) is 11.8 Å². The highest BCUT2D eigenvalue weighted by molar-refractivity contribution is 5.19. The van der Waals surface area contributed by atoms with Crippen LogP contribution in [0.25, 0.3) is 0 Å². The molecule has 0 aromatic rings. The lowest BCUT2D eigenvalue weighted by Gasteiger charge is -2.34. The fourth-order valence-corrected chi connectivity index (χ4v) is 2.67. The quantitative estimate of drug-likeness (QED) is 0.633. The van der Waals surface area contributed by atoms with Gasteiger partial charge in [0.1, 0.15) is 0 Å². The fraction of sp³-hybridized carbons (Fsp3) is 0.636. The summed E-state index contributed by atoms with van der Waals surface area (Å²) in [6, 6.07) is 0. The molecule has 72 valence electrons. The summed E-state index contributed by atoms with van der Waals surface area (Å²) in [6.45, 7) is 4.72. The van der Waals surface area contributed by atoms with Crippen LogP contribution in [-0.2, 0) is 0 Å². The Morgan fingerprint density at radius 1 is 1.62 bits per heavy atom. The van der Waals surface area contributed by atoms with Gasteiger partial charge in [0, 0.05) is 12.1 Å². The van der Waals surface area contributed by atoms with Gasteiger partial charge in [-0.25, -0.2) is 0 Å². The Bertz CT molecular complexity index is 236. The van der Waals surface area contributed by atoms with Crippen LogP contribution < -0.4 is 5.32 Å². The molecule has 3 atom stereocenters. The zero-order valence-electron chi connectivity index (χ0n) is 7.87. The van der Waals surface area contributed by atoms with Gasteiger partial charge in [-0.3, -0.25) is 0 Å². The number of nitrogens with one attached hydrogen (secondary N) is 1. The minimum atomic E-state index is -0.0480. The topological polar surface area (TPSA) is 32.3 Å². The maximum absolute atomic E-state index is 9.43. The number of allylic oxidation sites excluding steroid dienone is 1. The number of aliphatic hydroxyl groups is 1. The van der Waals surface area contributed by atoms with E-state index in [0.717, 1.165) is 13.0 Å². The number of fused-ring (bicyclic) bond motifs is 2. The summed E-state index contributed by atoms with van der Waals surface area (Å²) in [4.78, 5) is 0. The third-order valence-corrected chi connectivity index (χ3v) is 3.39. The van der Waals surface area contributed by atoms with E-state index in [9.17, 15) is 5.11 Å². The van der Waals surface area contributed by atoms with Crippen LogP contribution in [0.1, 0.15) is 12.8 Å². The third-order valence-electron chi connectivity index (χ3n) is 3.39. The van der Waals surface area contributed by atoms with Gasteiger partial charge in [0.15, 0.2) is 0 Å². The Balaban J connectivity index is 2.08. The van der Waals surface area contributed by atoms with Crippen LogP contribution in [0.5, 0.6) is 0 Å². The van der Waals surface area contributed by atoms with Crippen molar-refractivity contribution in [3.8, 4) is 0 Å². The van der Waals surface area contributed by atoms with Gasteiger partial charge < -0.3 is 10.4 Å². The van der Waals surface area contributed by atoms with E-state index >= 15 is 0 Å². The van der Waals surface area contributed by atoms with Gasteiger partial charge in [-0.1, -0.05) is 18.2 Å². The predicted octanol–water partition coefficient (Wildman–Crippen LogP) is 1.09. The van der Waals surface area contributed by atoms with Gasteiger partial charge in [0.2, 0.25) is 0 Å². The summed E-state index contributed by atoms with van der Waals surface area (Å²) >= 11 is 0. The first-order valence-corrected chi connectivity index (χ1v) is 4.96. The van der Waals surface area contributed by atoms with Gasteiger partial charge in [0.05, 0.1) is 6.61 Å². The second-order valence-corrected chi connectivity index (χ2v) is 4.18. The molecular weight excluding hydrogens is 162 g/mol. The van der Waals surface area contributed by atoms with E-state index in [1.165, 1.54) is 6.42 Å². The lowest BCUT2D eigenvalue weighted by atomic mass is 9.85. The van der Waals surface area contributed by atoms with E-state index in [-0.39, 0.29) is 12.1 Å². The maximum Gasteiger partial charge on any atom is 0.0619 e. The van der Waals surface area contributed by atoms with Crippen molar-refractivity contribution in [3.63, 3.8) is 0 Å². The smallest absolute Gasteiger partial charge is 0.0619 e. The van der Waals surface area contributed by atoms with E-state index in [1.54, 1.807) is 0 Å². The van der Waals surface area contributed by atoms with Crippen LogP contribution in [-0.4, -0.2) is 23.8 Å². The molecule has 2 aliphatic rings. The van der Waals surface area contributed by atoms with E-state index < -0.39 is 0 Å². The molecule has 1 saturated carbocycles. The molecule has 0 unspecified atom stereocenters. The second-order valence-electron chi connectivity index (χ2n) is 4.18. The molecule has 0 amide bonds. The average Bonchev–Trinajstić information content (AvgIpc) is 2.74. The van der Waals surface area contributed by atoms with Gasteiger partial charge in [-0.2, -0.15) is 0 Å². The minimum absolute atomic E-state index is 0.0480. The molecule has 1 fully saturated rings. The summed E-state index contributed by atoms with van der Waals surface area (Å²) in [5.41, 5.74) is -0.0480. The molecule has 2 nitrogen and oxygen atoms in total. The monoisotopic (exact) mass is 179 g/mol. The zero-order chi connectivity index (χ0) is 9.31. The van der Waals surface area contributed by atoms with Crippen molar-refractivity contribution in [1.82, 2.24) is 5.32 Å². The van der Waals surface area contributed by atoms with E-state index in [0.29, 0.717) is 11.8 Å². The highest BCUT2D eigenvalue weighted by atomic mass is 16.3. The van der Waals surface area contributed by atoms with E-state index in [1.807, 2.05) is 6.08 Å². The first-order chi connectivity index (χ1) is 6.30. The molecule has 2 heteroatoms. The van der Waals surface area contributed by atoms with Crippen LogP contribution in [0, 0.1) is 11.8 Å². The molecule has 2 aliphatic carbocycles. The molecule has 2 N–H and O–H groups in total. The normalized spacial score (nSPS) is 41.3. The molecule has 2 rings (SSSR count). The maximum atomic E-state index is 9.43. The predicted molar refractivity (Wildman–Crippen MR) is 53.4 cm³/mol. The lowest BCUT2D eigenvalue weighted by molar-refractivity contribution is 0.140. The summed E-state index contributed by atoms with van der Waals surface area (Å²) in [7, 11) is 0. The van der Waals surface area contributed by atoms with Gasteiger partial charge in [0.25, 0.3) is 0 Å². The fourth-order valence-electron chi connectivity index (χ4n) is 2.67. The first-order valence-electron chi connectivity index (χ1n) is 4.96. The van der Waals surface area contributed by atoms with Gasteiger partial charge in [-0.05, 0) is 24.7 Å². The molecule has 0 saturated heterocycles. The van der Waals surface area contributed by atoms with E-state index in [2.05, 4.69) is 24.0 Å². The molecule has 0 heterocycles. The van der Waals surface area contributed by atoms with Crippen molar-refractivity contribution < 1.29 is 5.11 Å². The van der Waals surface area contributed by atoms with Gasteiger partial charge >= 0.3 is 0 Å². The summed E-state index contributed by atoms with van der Waals surface area (Å²) in [5, 5.41) is 12.8.